The minimum Gasteiger partial charge on any atom is -0.339 e. The van der Waals surface area contributed by atoms with Gasteiger partial charge in [-0.3, -0.25) is 0 Å². The molecule has 0 saturated heterocycles. The van der Waals surface area contributed by atoms with E-state index < -0.39 is 10.0 Å². The SMILES string of the molecule is Cn1cnc(S(=O)(=O)NC(c2nccn2C)C2CC2)c1. The van der Waals surface area contributed by atoms with Gasteiger partial charge in [0.1, 0.15) is 5.82 Å². The molecule has 0 radical (unpaired) electrons. The summed E-state index contributed by atoms with van der Waals surface area (Å²) in [6.45, 7) is 0. The average Bonchev–Trinajstić information content (AvgIpc) is 2.99. The van der Waals surface area contributed by atoms with Gasteiger partial charge >= 0.3 is 0 Å². The Labute approximate surface area is 117 Å². The molecule has 1 aliphatic carbocycles. The van der Waals surface area contributed by atoms with Gasteiger partial charge in [0.05, 0.1) is 12.4 Å². The third-order valence-electron chi connectivity index (χ3n) is 3.47. The Bertz CT molecular complexity index is 714. The lowest BCUT2D eigenvalue weighted by Crippen LogP contribution is -2.32. The lowest BCUT2D eigenvalue weighted by molar-refractivity contribution is 0.498. The van der Waals surface area contributed by atoms with E-state index in [1.807, 2.05) is 17.8 Å². The van der Waals surface area contributed by atoms with Gasteiger partial charge in [-0.15, -0.1) is 0 Å². The standard InChI is InChI=1S/C12H17N5O2S/c1-16-7-10(14-8-16)20(18,19)15-11(9-3-4-9)12-13-5-6-17(12)2/h5-9,11,15H,3-4H2,1-2H3. The lowest BCUT2D eigenvalue weighted by atomic mass is 10.2. The van der Waals surface area contributed by atoms with E-state index in [9.17, 15) is 8.42 Å². The fourth-order valence-electron chi connectivity index (χ4n) is 2.22. The van der Waals surface area contributed by atoms with Crippen molar-refractivity contribution < 1.29 is 8.42 Å². The first-order valence-corrected chi connectivity index (χ1v) is 7.93. The molecule has 0 bridgehead atoms. The van der Waals surface area contributed by atoms with Crippen molar-refractivity contribution in [3.63, 3.8) is 0 Å². The molecule has 0 aliphatic heterocycles. The highest BCUT2D eigenvalue weighted by Gasteiger charge is 2.38. The molecule has 8 heteroatoms. The summed E-state index contributed by atoms with van der Waals surface area (Å²) in [6.07, 6.45) is 8.50. The molecule has 1 atom stereocenters. The third-order valence-corrected chi connectivity index (χ3v) is 4.79. The van der Waals surface area contributed by atoms with Crippen molar-refractivity contribution in [2.75, 3.05) is 0 Å². The van der Waals surface area contributed by atoms with E-state index >= 15 is 0 Å². The minimum absolute atomic E-state index is 0.0415. The first kappa shape index (κ1) is 13.3. The summed E-state index contributed by atoms with van der Waals surface area (Å²) in [4.78, 5) is 8.18. The van der Waals surface area contributed by atoms with Crippen LogP contribution in [-0.4, -0.2) is 27.5 Å². The molecule has 0 amide bonds. The number of nitrogens with one attached hydrogen (secondary N) is 1. The maximum atomic E-state index is 12.4. The van der Waals surface area contributed by atoms with Gasteiger partial charge in [0.2, 0.25) is 0 Å². The quantitative estimate of drug-likeness (QED) is 0.875. The predicted molar refractivity (Wildman–Crippen MR) is 72.2 cm³/mol. The van der Waals surface area contributed by atoms with E-state index in [2.05, 4.69) is 14.7 Å². The van der Waals surface area contributed by atoms with Gasteiger partial charge in [0.25, 0.3) is 10.0 Å². The summed E-state index contributed by atoms with van der Waals surface area (Å²) in [7, 11) is -0.0147. The summed E-state index contributed by atoms with van der Waals surface area (Å²) < 4.78 is 30.9. The van der Waals surface area contributed by atoms with E-state index in [0.29, 0.717) is 5.92 Å². The van der Waals surface area contributed by atoms with Crippen LogP contribution in [0, 0.1) is 5.92 Å². The zero-order valence-electron chi connectivity index (χ0n) is 11.4. The van der Waals surface area contributed by atoms with Gasteiger partial charge in [-0.25, -0.2) is 18.4 Å². The van der Waals surface area contributed by atoms with Gasteiger partial charge in [-0.2, -0.15) is 4.72 Å². The molecule has 2 heterocycles. The second kappa shape index (κ2) is 4.71. The Morgan fingerprint density at radius 3 is 2.60 bits per heavy atom. The molecule has 1 fully saturated rings. The van der Waals surface area contributed by atoms with Crippen LogP contribution >= 0.6 is 0 Å². The number of hydrogen-bond donors (Lipinski definition) is 1. The van der Waals surface area contributed by atoms with E-state index in [0.717, 1.165) is 18.7 Å². The summed E-state index contributed by atoms with van der Waals surface area (Å²) in [6, 6.07) is -0.290. The van der Waals surface area contributed by atoms with Crippen LogP contribution in [-0.2, 0) is 24.1 Å². The van der Waals surface area contributed by atoms with Gasteiger partial charge in [0, 0.05) is 32.7 Å². The highest BCUT2D eigenvalue weighted by molar-refractivity contribution is 7.89. The molecule has 1 N–H and O–H groups in total. The summed E-state index contributed by atoms with van der Waals surface area (Å²) in [5, 5.41) is 0.0415. The summed E-state index contributed by atoms with van der Waals surface area (Å²) in [5.74, 6) is 1.06. The molecule has 1 saturated carbocycles. The van der Waals surface area contributed by atoms with Crippen LogP contribution in [0.3, 0.4) is 0 Å². The van der Waals surface area contributed by atoms with Gasteiger partial charge in [-0.05, 0) is 18.8 Å². The number of sulfonamides is 1. The molecule has 20 heavy (non-hydrogen) atoms. The second-order valence-electron chi connectivity index (χ2n) is 5.21. The zero-order chi connectivity index (χ0) is 14.3. The molecule has 2 aromatic heterocycles. The van der Waals surface area contributed by atoms with Crippen LogP contribution in [0.5, 0.6) is 0 Å². The topological polar surface area (TPSA) is 81.8 Å². The number of imidazole rings is 2. The molecule has 0 aromatic carbocycles. The minimum atomic E-state index is -3.62. The first-order valence-electron chi connectivity index (χ1n) is 6.45. The predicted octanol–water partition coefficient (Wildman–Crippen LogP) is 0.583. The zero-order valence-corrected chi connectivity index (χ0v) is 12.2. The normalized spacial score (nSPS) is 17.3. The number of hydrogen-bond acceptors (Lipinski definition) is 4. The fraction of sp³-hybridized carbons (Fsp3) is 0.500. The van der Waals surface area contributed by atoms with Crippen molar-refractivity contribution in [2.45, 2.75) is 23.9 Å². The van der Waals surface area contributed by atoms with E-state index in [-0.39, 0.29) is 11.1 Å². The highest BCUT2D eigenvalue weighted by Crippen LogP contribution is 2.41. The summed E-state index contributed by atoms with van der Waals surface area (Å²) >= 11 is 0. The molecule has 1 aliphatic rings. The lowest BCUT2D eigenvalue weighted by Gasteiger charge is -2.17. The molecular weight excluding hydrogens is 278 g/mol. The smallest absolute Gasteiger partial charge is 0.260 e. The molecule has 108 valence electrons. The van der Waals surface area contributed by atoms with Gasteiger partial charge in [0.15, 0.2) is 5.03 Å². The van der Waals surface area contributed by atoms with E-state index in [4.69, 9.17) is 0 Å². The number of aryl methyl sites for hydroxylation is 2. The van der Waals surface area contributed by atoms with Crippen LogP contribution in [0.4, 0.5) is 0 Å². The monoisotopic (exact) mass is 295 g/mol. The third kappa shape index (κ3) is 2.48. The number of aromatic nitrogens is 4. The van der Waals surface area contributed by atoms with Crippen molar-refractivity contribution in [1.29, 1.82) is 0 Å². The van der Waals surface area contributed by atoms with Crippen molar-refractivity contribution in [2.24, 2.45) is 20.0 Å². The molecule has 1 unspecified atom stereocenters. The van der Waals surface area contributed by atoms with Gasteiger partial charge in [-0.1, -0.05) is 0 Å². The molecular formula is C12H17N5O2S. The van der Waals surface area contributed by atoms with Crippen LogP contribution in [0.25, 0.3) is 0 Å². The van der Waals surface area contributed by atoms with E-state index in [1.165, 1.54) is 12.5 Å². The second-order valence-corrected chi connectivity index (χ2v) is 6.87. The van der Waals surface area contributed by atoms with Crippen molar-refractivity contribution >= 4 is 10.0 Å². The number of nitrogens with zero attached hydrogens (tertiary/aromatic N) is 4. The Morgan fingerprint density at radius 1 is 1.35 bits per heavy atom. The first-order chi connectivity index (χ1) is 9.47. The van der Waals surface area contributed by atoms with Crippen LogP contribution in [0.15, 0.2) is 29.9 Å². The Hall–Kier alpha value is -1.67. The van der Waals surface area contributed by atoms with Crippen molar-refractivity contribution in [1.82, 2.24) is 23.8 Å². The van der Waals surface area contributed by atoms with E-state index in [1.54, 1.807) is 17.8 Å². The molecule has 3 rings (SSSR count). The molecule has 0 spiro atoms. The van der Waals surface area contributed by atoms with Gasteiger partial charge < -0.3 is 9.13 Å². The maximum absolute atomic E-state index is 12.4. The van der Waals surface area contributed by atoms with Crippen LogP contribution in [0.1, 0.15) is 24.7 Å². The largest absolute Gasteiger partial charge is 0.339 e. The Kier molecular flexibility index (Phi) is 3.14. The van der Waals surface area contributed by atoms with Crippen LogP contribution < -0.4 is 4.72 Å². The Morgan fingerprint density at radius 2 is 2.10 bits per heavy atom. The van der Waals surface area contributed by atoms with Crippen molar-refractivity contribution in [3.05, 3.63) is 30.7 Å². The summed E-state index contributed by atoms with van der Waals surface area (Å²) in [5.41, 5.74) is 0. The maximum Gasteiger partial charge on any atom is 0.260 e. The van der Waals surface area contributed by atoms with Crippen molar-refractivity contribution in [3.8, 4) is 0 Å². The Balaban J connectivity index is 1.89. The average molecular weight is 295 g/mol. The highest BCUT2D eigenvalue weighted by atomic mass is 32.2. The number of rotatable bonds is 5. The fourth-order valence-corrected chi connectivity index (χ4v) is 3.47. The molecule has 7 nitrogen and oxygen atoms in total. The molecule has 2 aromatic rings. The van der Waals surface area contributed by atoms with Crippen LogP contribution in [0.2, 0.25) is 0 Å².